The van der Waals surface area contributed by atoms with E-state index in [0.717, 1.165) is 0 Å². The Kier molecular flexibility index (Phi) is 7.28. The fourth-order valence-corrected chi connectivity index (χ4v) is 2.14. The molecule has 26 heavy (non-hydrogen) atoms. The van der Waals surface area contributed by atoms with Gasteiger partial charge in [0, 0.05) is 29.0 Å². The molecule has 0 saturated heterocycles. The number of azo groups is 1. The minimum absolute atomic E-state index is 0.0664. The molecule has 2 aromatic carbocycles. The Morgan fingerprint density at radius 1 is 1.04 bits per heavy atom. The zero-order valence-corrected chi connectivity index (χ0v) is 15.3. The molecule has 0 aliphatic carbocycles. The quantitative estimate of drug-likeness (QED) is 0.227. The first kappa shape index (κ1) is 19.6. The molecule has 2 rings (SSSR count). The van der Waals surface area contributed by atoms with E-state index in [9.17, 15) is 4.79 Å². The van der Waals surface area contributed by atoms with Crippen LogP contribution in [0.4, 0.5) is 11.4 Å². The third-order valence-electron chi connectivity index (χ3n) is 3.11. The Labute approximate surface area is 160 Å². The zero-order valence-electron chi connectivity index (χ0n) is 13.8. The number of hydrazine groups is 1. The van der Waals surface area contributed by atoms with Gasteiger partial charge in [-0.1, -0.05) is 23.2 Å². The Morgan fingerprint density at radius 2 is 1.62 bits per heavy atom. The lowest BCUT2D eigenvalue weighted by molar-refractivity contribution is -0.112. The fourth-order valence-electron chi connectivity index (χ4n) is 1.89. The van der Waals surface area contributed by atoms with E-state index in [2.05, 4.69) is 26.0 Å². The summed E-state index contributed by atoms with van der Waals surface area (Å²) in [5.41, 5.74) is 3.61. The highest BCUT2D eigenvalue weighted by molar-refractivity contribution is 6.31. The number of nitrogens with two attached hydrogens (primary N) is 1. The zero-order chi connectivity index (χ0) is 18.9. The summed E-state index contributed by atoms with van der Waals surface area (Å²) in [6.07, 6.45) is 1.35. The molecule has 2 aromatic rings. The van der Waals surface area contributed by atoms with Crippen LogP contribution in [0.25, 0.3) is 0 Å². The molecule has 0 heterocycles. The minimum Gasteiger partial charge on any atom is -0.322 e. The van der Waals surface area contributed by atoms with Gasteiger partial charge in [-0.05, 0) is 48.5 Å². The third kappa shape index (κ3) is 5.66. The van der Waals surface area contributed by atoms with Crippen molar-refractivity contribution in [3.63, 3.8) is 0 Å². The maximum absolute atomic E-state index is 12.6. The predicted octanol–water partition coefficient (Wildman–Crippen LogP) is 4.09. The number of benzene rings is 2. The Morgan fingerprint density at radius 3 is 2.15 bits per heavy atom. The molecule has 0 bridgehead atoms. The van der Waals surface area contributed by atoms with Gasteiger partial charge in [-0.15, -0.1) is 5.11 Å². The van der Waals surface area contributed by atoms with Crippen LogP contribution in [0.3, 0.4) is 0 Å². The molecule has 0 aliphatic rings. The van der Waals surface area contributed by atoms with Gasteiger partial charge in [-0.25, -0.2) is 5.84 Å². The average Bonchev–Trinajstić information content (AvgIpc) is 2.64. The number of nitrogens with one attached hydrogen (secondary N) is 2. The maximum atomic E-state index is 12.6. The van der Waals surface area contributed by atoms with E-state index in [1.54, 1.807) is 48.5 Å². The molecule has 134 valence electrons. The molecule has 1 amide bonds. The van der Waals surface area contributed by atoms with Crippen LogP contribution in [-0.4, -0.2) is 19.2 Å². The molecule has 0 radical (unpaired) electrons. The number of rotatable bonds is 6. The van der Waals surface area contributed by atoms with Crippen LogP contribution in [-0.2, 0) is 4.79 Å². The molecule has 0 fully saturated rings. The van der Waals surface area contributed by atoms with Crippen molar-refractivity contribution in [3.05, 3.63) is 70.0 Å². The highest BCUT2D eigenvalue weighted by atomic mass is 35.5. The lowest BCUT2D eigenvalue weighted by Gasteiger charge is -2.08. The van der Waals surface area contributed by atoms with Crippen LogP contribution in [0, 0.1) is 0 Å². The van der Waals surface area contributed by atoms with E-state index in [0.29, 0.717) is 21.4 Å². The SMILES string of the molecule is CN=NC(NN)=C(C=Nc1ccc(Cl)cc1)C(=O)Nc1ccc(Cl)cc1. The summed E-state index contributed by atoms with van der Waals surface area (Å²) in [6, 6.07) is 13.5. The predicted molar refractivity (Wildman–Crippen MR) is 105 cm³/mol. The third-order valence-corrected chi connectivity index (χ3v) is 3.61. The van der Waals surface area contributed by atoms with Crippen molar-refractivity contribution in [2.24, 2.45) is 21.1 Å². The monoisotopic (exact) mass is 390 g/mol. The average molecular weight is 391 g/mol. The van der Waals surface area contributed by atoms with Gasteiger partial charge < -0.3 is 10.7 Å². The van der Waals surface area contributed by atoms with Gasteiger partial charge in [-0.3, -0.25) is 9.79 Å². The number of halogens is 2. The molecule has 0 atom stereocenters. The Bertz CT molecular complexity index is 845. The summed E-state index contributed by atoms with van der Waals surface area (Å²) in [4.78, 5) is 16.9. The number of hydrogen-bond donors (Lipinski definition) is 3. The Hall–Kier alpha value is -2.74. The maximum Gasteiger partial charge on any atom is 0.261 e. The van der Waals surface area contributed by atoms with E-state index in [1.807, 2.05) is 0 Å². The highest BCUT2D eigenvalue weighted by Gasteiger charge is 2.14. The highest BCUT2D eigenvalue weighted by Crippen LogP contribution is 2.18. The van der Waals surface area contributed by atoms with Gasteiger partial charge in [0.15, 0.2) is 5.82 Å². The van der Waals surface area contributed by atoms with Gasteiger partial charge in [-0.2, -0.15) is 5.11 Å². The van der Waals surface area contributed by atoms with Crippen molar-refractivity contribution in [1.82, 2.24) is 5.43 Å². The van der Waals surface area contributed by atoms with E-state index in [1.165, 1.54) is 13.3 Å². The van der Waals surface area contributed by atoms with Crippen LogP contribution in [0.2, 0.25) is 10.0 Å². The number of anilines is 1. The summed E-state index contributed by atoms with van der Waals surface area (Å²) < 4.78 is 0. The Balaban J connectivity index is 2.32. The fraction of sp³-hybridized carbons (Fsp3) is 0.0588. The number of amides is 1. The largest absolute Gasteiger partial charge is 0.322 e. The molecule has 0 unspecified atom stereocenters. The number of hydrogen-bond acceptors (Lipinski definition) is 6. The first-order chi connectivity index (χ1) is 12.5. The van der Waals surface area contributed by atoms with E-state index in [4.69, 9.17) is 29.0 Å². The summed E-state index contributed by atoms with van der Waals surface area (Å²) >= 11 is 11.7. The van der Waals surface area contributed by atoms with Gasteiger partial charge in [0.2, 0.25) is 0 Å². The summed E-state index contributed by atoms with van der Waals surface area (Å²) in [5, 5.41) is 11.3. The molecule has 0 saturated carbocycles. The normalized spacial score (nSPS) is 12.3. The molecule has 7 nitrogen and oxygen atoms in total. The van der Waals surface area contributed by atoms with Crippen molar-refractivity contribution in [2.45, 2.75) is 0 Å². The van der Waals surface area contributed by atoms with E-state index < -0.39 is 5.91 Å². The van der Waals surface area contributed by atoms with Crippen molar-refractivity contribution in [3.8, 4) is 0 Å². The molecule has 4 N–H and O–H groups in total. The lowest BCUT2D eigenvalue weighted by Crippen LogP contribution is -2.26. The number of aliphatic imine (C=N–C) groups is 1. The van der Waals surface area contributed by atoms with Gasteiger partial charge in [0.05, 0.1) is 5.69 Å². The van der Waals surface area contributed by atoms with Crippen molar-refractivity contribution in [2.75, 3.05) is 12.4 Å². The topological polar surface area (TPSA) is 104 Å². The first-order valence-electron chi connectivity index (χ1n) is 7.40. The minimum atomic E-state index is -0.467. The second kappa shape index (κ2) is 9.67. The standard InChI is InChI=1S/C17H16Cl2N6O/c1-21-25-16(24-20)15(10-22-13-6-2-11(18)3-7-13)17(26)23-14-8-4-12(19)5-9-14/h2-10,24H,20H2,1H3,(H,23,26). The molecular weight excluding hydrogens is 375 g/mol. The second-order valence-corrected chi connectivity index (χ2v) is 5.78. The van der Waals surface area contributed by atoms with Crippen LogP contribution in [0.1, 0.15) is 0 Å². The van der Waals surface area contributed by atoms with Gasteiger partial charge >= 0.3 is 0 Å². The van der Waals surface area contributed by atoms with E-state index in [-0.39, 0.29) is 11.4 Å². The molecule has 0 aliphatic heterocycles. The first-order valence-corrected chi connectivity index (χ1v) is 8.16. The van der Waals surface area contributed by atoms with Crippen LogP contribution in [0.15, 0.2) is 75.1 Å². The smallest absolute Gasteiger partial charge is 0.261 e. The van der Waals surface area contributed by atoms with Crippen molar-refractivity contribution >= 4 is 46.7 Å². The van der Waals surface area contributed by atoms with Crippen molar-refractivity contribution < 1.29 is 4.79 Å². The number of carbonyl (C=O) groups excluding carboxylic acids is 1. The molecule has 0 aromatic heterocycles. The van der Waals surface area contributed by atoms with Crippen LogP contribution in [0.5, 0.6) is 0 Å². The summed E-state index contributed by atoms with van der Waals surface area (Å²) in [7, 11) is 1.46. The van der Waals surface area contributed by atoms with Gasteiger partial charge in [0.25, 0.3) is 5.91 Å². The van der Waals surface area contributed by atoms with E-state index >= 15 is 0 Å². The van der Waals surface area contributed by atoms with Gasteiger partial charge in [0.1, 0.15) is 5.57 Å². The summed E-state index contributed by atoms with van der Waals surface area (Å²) in [6.45, 7) is 0. The molecule has 9 heteroatoms. The molecular formula is C17H16Cl2N6O. The lowest BCUT2D eigenvalue weighted by atomic mass is 10.2. The number of nitrogens with zero attached hydrogens (tertiary/aromatic N) is 3. The summed E-state index contributed by atoms with van der Waals surface area (Å²) in [5.74, 6) is 5.06. The van der Waals surface area contributed by atoms with Crippen molar-refractivity contribution in [1.29, 1.82) is 0 Å². The second-order valence-electron chi connectivity index (χ2n) is 4.90. The van der Waals surface area contributed by atoms with Crippen LogP contribution >= 0.6 is 23.2 Å². The molecule has 0 spiro atoms. The number of carbonyl (C=O) groups is 1. The van der Waals surface area contributed by atoms with Crippen LogP contribution < -0.4 is 16.6 Å².